The lowest BCUT2D eigenvalue weighted by Gasteiger charge is -2.39. The fraction of sp³-hybridized carbons (Fsp3) is 0.250. The number of para-hydroxylation sites is 1. The Kier molecular flexibility index (Phi) is 4.31. The number of thiazole rings is 1. The van der Waals surface area contributed by atoms with E-state index < -0.39 is 11.7 Å². The lowest BCUT2D eigenvalue weighted by molar-refractivity contribution is -0.118. The summed E-state index contributed by atoms with van der Waals surface area (Å²) in [5.74, 6) is -0.298. The van der Waals surface area contributed by atoms with Crippen LogP contribution in [0.15, 0.2) is 35.8 Å². The zero-order valence-electron chi connectivity index (χ0n) is 15.2. The molecule has 1 aromatic heterocycles. The summed E-state index contributed by atoms with van der Waals surface area (Å²) in [5, 5.41) is 2.59. The molecule has 0 atom stereocenters. The van der Waals surface area contributed by atoms with Crippen LogP contribution in [0.4, 0.5) is 10.1 Å². The zero-order valence-corrected chi connectivity index (χ0v) is 16.0. The SMILES string of the molecule is O=C1COc2cc(F)c(C(=O)N3CC(COc4cccc5scnc45)C3)cc2N1. The number of carbonyl (C=O) groups excluding carboxylic acids is 2. The van der Waals surface area contributed by atoms with Crippen molar-refractivity contribution < 1.29 is 23.5 Å². The molecule has 0 saturated carbocycles. The van der Waals surface area contributed by atoms with Gasteiger partial charge in [0, 0.05) is 25.1 Å². The number of likely N-dealkylation sites (tertiary alicyclic amines) is 1. The third kappa shape index (κ3) is 3.27. The smallest absolute Gasteiger partial charge is 0.262 e. The zero-order chi connectivity index (χ0) is 20.0. The molecule has 0 bridgehead atoms. The van der Waals surface area contributed by atoms with Gasteiger partial charge in [0.2, 0.25) is 0 Å². The number of aromatic nitrogens is 1. The van der Waals surface area contributed by atoms with E-state index in [0.717, 1.165) is 22.0 Å². The molecule has 0 radical (unpaired) electrons. The average Bonchev–Trinajstić information content (AvgIpc) is 3.16. The molecule has 2 aliphatic rings. The van der Waals surface area contributed by atoms with Gasteiger partial charge in [0.25, 0.3) is 11.8 Å². The van der Waals surface area contributed by atoms with Crippen molar-refractivity contribution in [2.45, 2.75) is 0 Å². The van der Waals surface area contributed by atoms with E-state index in [-0.39, 0.29) is 29.7 Å². The number of hydrogen-bond donors (Lipinski definition) is 1. The molecule has 0 aliphatic carbocycles. The van der Waals surface area contributed by atoms with E-state index in [0.29, 0.717) is 25.4 Å². The first kappa shape index (κ1) is 17.9. The normalized spacial score (nSPS) is 16.0. The molecule has 148 valence electrons. The highest BCUT2D eigenvalue weighted by Gasteiger charge is 2.34. The number of benzene rings is 2. The summed E-state index contributed by atoms with van der Waals surface area (Å²) in [6.07, 6.45) is 0. The molecule has 2 aliphatic heterocycles. The molecule has 29 heavy (non-hydrogen) atoms. The highest BCUT2D eigenvalue weighted by molar-refractivity contribution is 7.16. The van der Waals surface area contributed by atoms with Gasteiger partial charge in [0.1, 0.15) is 22.8 Å². The Morgan fingerprint density at radius 3 is 3.10 bits per heavy atom. The lowest BCUT2D eigenvalue weighted by Crippen LogP contribution is -2.52. The van der Waals surface area contributed by atoms with Crippen LogP contribution in [0.5, 0.6) is 11.5 Å². The number of halogens is 1. The van der Waals surface area contributed by atoms with Gasteiger partial charge in [-0.2, -0.15) is 0 Å². The summed E-state index contributed by atoms with van der Waals surface area (Å²) in [4.78, 5) is 30.0. The van der Waals surface area contributed by atoms with Crippen LogP contribution in [0.2, 0.25) is 0 Å². The summed E-state index contributed by atoms with van der Waals surface area (Å²) in [6, 6.07) is 8.26. The third-order valence-corrected chi connectivity index (χ3v) is 5.77. The summed E-state index contributed by atoms with van der Waals surface area (Å²) < 4.78 is 26.5. The largest absolute Gasteiger partial charge is 0.491 e. The van der Waals surface area contributed by atoms with Crippen LogP contribution >= 0.6 is 11.3 Å². The predicted octanol–water partition coefficient (Wildman–Crippen LogP) is 2.92. The Balaban J connectivity index is 1.22. The molecule has 0 unspecified atom stereocenters. The van der Waals surface area contributed by atoms with Crippen molar-refractivity contribution in [1.82, 2.24) is 9.88 Å². The van der Waals surface area contributed by atoms with Crippen molar-refractivity contribution in [2.75, 3.05) is 31.6 Å². The number of rotatable bonds is 4. The highest BCUT2D eigenvalue weighted by Crippen LogP contribution is 2.32. The summed E-state index contributed by atoms with van der Waals surface area (Å²) >= 11 is 1.55. The molecule has 2 amide bonds. The predicted molar refractivity (Wildman–Crippen MR) is 105 cm³/mol. The average molecular weight is 413 g/mol. The molecule has 1 N–H and O–H groups in total. The van der Waals surface area contributed by atoms with Crippen molar-refractivity contribution in [1.29, 1.82) is 0 Å². The molecule has 9 heteroatoms. The number of carbonyl (C=O) groups is 2. The number of nitrogens with zero attached hydrogens (tertiary/aromatic N) is 2. The van der Waals surface area contributed by atoms with Crippen LogP contribution in [-0.2, 0) is 4.79 Å². The van der Waals surface area contributed by atoms with Crippen molar-refractivity contribution in [2.24, 2.45) is 5.92 Å². The van der Waals surface area contributed by atoms with Crippen molar-refractivity contribution in [3.8, 4) is 11.5 Å². The monoisotopic (exact) mass is 413 g/mol. The molecule has 3 aromatic rings. The van der Waals surface area contributed by atoms with E-state index in [1.54, 1.807) is 21.7 Å². The first-order valence-corrected chi connectivity index (χ1v) is 9.97. The first-order chi connectivity index (χ1) is 14.1. The number of hydrogen-bond acceptors (Lipinski definition) is 6. The molecular formula is C20H16FN3O4S. The maximum atomic E-state index is 14.4. The molecule has 5 rings (SSSR count). The van der Waals surface area contributed by atoms with E-state index >= 15 is 0 Å². The summed E-state index contributed by atoms with van der Waals surface area (Å²) in [7, 11) is 0. The summed E-state index contributed by atoms with van der Waals surface area (Å²) in [6.45, 7) is 1.25. The Labute approximate surface area is 169 Å². The Bertz CT molecular complexity index is 1130. The lowest BCUT2D eigenvalue weighted by atomic mass is 9.99. The van der Waals surface area contributed by atoms with E-state index in [2.05, 4.69) is 10.3 Å². The molecule has 7 nitrogen and oxygen atoms in total. The van der Waals surface area contributed by atoms with Crippen LogP contribution in [0.25, 0.3) is 10.2 Å². The van der Waals surface area contributed by atoms with Crippen LogP contribution < -0.4 is 14.8 Å². The van der Waals surface area contributed by atoms with Crippen LogP contribution in [-0.4, -0.2) is 48.0 Å². The molecule has 1 saturated heterocycles. The fourth-order valence-electron chi connectivity index (χ4n) is 3.46. The second-order valence-corrected chi connectivity index (χ2v) is 7.89. The van der Waals surface area contributed by atoms with Gasteiger partial charge in [0.15, 0.2) is 6.61 Å². The molecule has 1 fully saturated rings. The Morgan fingerprint density at radius 2 is 2.24 bits per heavy atom. The molecular weight excluding hydrogens is 397 g/mol. The summed E-state index contributed by atoms with van der Waals surface area (Å²) in [5.41, 5.74) is 2.84. The molecule has 2 aromatic carbocycles. The van der Waals surface area contributed by atoms with Crippen LogP contribution in [0.1, 0.15) is 10.4 Å². The van der Waals surface area contributed by atoms with Crippen molar-refractivity contribution in [3.05, 3.63) is 47.2 Å². The quantitative estimate of drug-likeness (QED) is 0.711. The maximum absolute atomic E-state index is 14.4. The van der Waals surface area contributed by atoms with E-state index in [9.17, 15) is 14.0 Å². The number of amides is 2. The van der Waals surface area contributed by atoms with Crippen molar-refractivity contribution >= 4 is 39.1 Å². The Morgan fingerprint density at radius 1 is 1.38 bits per heavy atom. The number of anilines is 1. The number of ether oxygens (including phenoxy) is 2. The third-order valence-electron chi connectivity index (χ3n) is 4.97. The Hall–Kier alpha value is -3.20. The fourth-order valence-corrected chi connectivity index (χ4v) is 4.16. The van der Waals surface area contributed by atoms with E-state index in [1.807, 2.05) is 18.2 Å². The highest BCUT2D eigenvalue weighted by atomic mass is 32.1. The minimum absolute atomic E-state index is 0.0823. The van der Waals surface area contributed by atoms with Gasteiger partial charge >= 0.3 is 0 Å². The minimum Gasteiger partial charge on any atom is -0.491 e. The molecule has 3 heterocycles. The molecule has 0 spiro atoms. The van der Waals surface area contributed by atoms with Gasteiger partial charge in [-0.15, -0.1) is 11.3 Å². The van der Waals surface area contributed by atoms with Gasteiger partial charge < -0.3 is 19.7 Å². The second kappa shape index (κ2) is 7.00. The van der Waals surface area contributed by atoms with Gasteiger partial charge in [-0.05, 0) is 18.2 Å². The number of nitrogens with one attached hydrogen (secondary N) is 1. The first-order valence-electron chi connectivity index (χ1n) is 9.09. The van der Waals surface area contributed by atoms with Gasteiger partial charge in [-0.25, -0.2) is 9.37 Å². The van der Waals surface area contributed by atoms with Gasteiger partial charge in [-0.3, -0.25) is 9.59 Å². The van der Waals surface area contributed by atoms with Crippen LogP contribution in [0.3, 0.4) is 0 Å². The van der Waals surface area contributed by atoms with E-state index in [1.165, 1.54) is 6.07 Å². The standard InChI is InChI=1S/C20H16FN3O4S/c21-13-5-16-14(23-18(25)9-28-16)4-12(13)20(26)24-6-11(7-24)8-27-15-2-1-3-17-19(15)22-10-29-17/h1-5,10-11H,6-9H2,(H,23,25). The topological polar surface area (TPSA) is 80.8 Å². The number of fused-ring (bicyclic) bond motifs is 2. The van der Waals surface area contributed by atoms with E-state index in [4.69, 9.17) is 9.47 Å². The van der Waals surface area contributed by atoms with Crippen molar-refractivity contribution in [3.63, 3.8) is 0 Å². The maximum Gasteiger partial charge on any atom is 0.262 e. The van der Waals surface area contributed by atoms with Gasteiger partial charge in [0.05, 0.1) is 28.1 Å². The second-order valence-electron chi connectivity index (χ2n) is 7.01. The minimum atomic E-state index is -0.667. The van der Waals surface area contributed by atoms with Crippen LogP contribution in [0, 0.1) is 11.7 Å². The van der Waals surface area contributed by atoms with Gasteiger partial charge in [-0.1, -0.05) is 6.07 Å².